The van der Waals surface area contributed by atoms with Crippen molar-refractivity contribution in [1.82, 2.24) is 4.98 Å². The Hall–Kier alpha value is -2.32. The van der Waals surface area contributed by atoms with Gasteiger partial charge >= 0.3 is 0 Å². The molecule has 0 bridgehead atoms. The summed E-state index contributed by atoms with van der Waals surface area (Å²) in [5.41, 5.74) is 5.21. The summed E-state index contributed by atoms with van der Waals surface area (Å²) < 4.78 is 0. The summed E-state index contributed by atoms with van der Waals surface area (Å²) in [7, 11) is 0. The van der Waals surface area contributed by atoms with Crippen LogP contribution < -0.4 is 0 Å². The summed E-state index contributed by atoms with van der Waals surface area (Å²) in [4.78, 5) is 6.20. The maximum absolute atomic E-state index is 3.45. The number of hydrogen-bond donors (Lipinski definition) is 1. The van der Waals surface area contributed by atoms with Gasteiger partial charge in [-0.05, 0) is 49.2 Å². The monoisotopic (exact) mass is 317 g/mol. The number of rotatable bonds is 3. The largest absolute Gasteiger partial charge is 0.361 e. The van der Waals surface area contributed by atoms with Crippen LogP contribution in [-0.2, 0) is 0 Å². The van der Waals surface area contributed by atoms with Crippen molar-refractivity contribution >= 4 is 22.2 Å². The van der Waals surface area contributed by atoms with Gasteiger partial charge in [0.05, 0.1) is 0 Å². The molecule has 1 nitrogen and oxygen atoms in total. The topological polar surface area (TPSA) is 15.8 Å². The fourth-order valence-corrected chi connectivity index (χ4v) is 4.27. The van der Waals surface area contributed by atoms with Gasteiger partial charge in [-0.15, -0.1) is 11.3 Å². The third kappa shape index (κ3) is 2.60. The van der Waals surface area contributed by atoms with Crippen LogP contribution in [0.3, 0.4) is 0 Å². The maximum Gasteiger partial charge on any atom is 0.0457 e. The zero-order valence-corrected chi connectivity index (χ0v) is 14.2. The standard InChI is InChI=1S/C21H19NS/c1-14-8-10-19-17(12-14)18(13-22-19)21(16-6-4-3-5-7-16)20-11-9-15(2)23-20/h3-13,21-22H,1-2H3/t21-/m0/s1. The van der Waals surface area contributed by atoms with Crippen LogP contribution >= 0.6 is 11.3 Å². The number of hydrogen-bond acceptors (Lipinski definition) is 1. The van der Waals surface area contributed by atoms with E-state index in [1.54, 1.807) is 0 Å². The van der Waals surface area contributed by atoms with Crippen molar-refractivity contribution < 1.29 is 0 Å². The molecule has 0 aliphatic heterocycles. The van der Waals surface area contributed by atoms with E-state index in [0.29, 0.717) is 0 Å². The minimum atomic E-state index is 0.283. The second-order valence-electron chi connectivity index (χ2n) is 6.09. The predicted octanol–water partition coefficient (Wildman–Crippen LogP) is 6.03. The lowest BCUT2D eigenvalue weighted by Crippen LogP contribution is -2.00. The lowest BCUT2D eigenvalue weighted by Gasteiger charge is -2.16. The average molecular weight is 317 g/mol. The molecule has 23 heavy (non-hydrogen) atoms. The minimum Gasteiger partial charge on any atom is -0.361 e. The molecule has 0 radical (unpaired) electrons. The normalized spacial score (nSPS) is 12.6. The second kappa shape index (κ2) is 5.71. The molecular formula is C21H19NS. The van der Waals surface area contributed by atoms with Gasteiger partial charge in [0.15, 0.2) is 0 Å². The van der Waals surface area contributed by atoms with Crippen LogP contribution in [0.15, 0.2) is 66.9 Å². The van der Waals surface area contributed by atoms with E-state index in [1.807, 2.05) is 11.3 Å². The van der Waals surface area contributed by atoms with Crippen molar-refractivity contribution in [1.29, 1.82) is 0 Å². The molecule has 0 saturated heterocycles. The highest BCUT2D eigenvalue weighted by Gasteiger charge is 2.21. The number of H-pyrrole nitrogens is 1. The van der Waals surface area contributed by atoms with E-state index in [2.05, 4.69) is 85.7 Å². The molecule has 114 valence electrons. The van der Waals surface area contributed by atoms with Crippen LogP contribution in [-0.4, -0.2) is 4.98 Å². The Bertz CT molecular complexity index is 946. The third-order valence-corrected chi connectivity index (χ3v) is 5.42. The van der Waals surface area contributed by atoms with Gasteiger partial charge in [-0.25, -0.2) is 0 Å². The summed E-state index contributed by atoms with van der Waals surface area (Å²) in [6.45, 7) is 4.33. The van der Waals surface area contributed by atoms with Gasteiger partial charge < -0.3 is 4.98 Å². The number of aromatic amines is 1. The van der Waals surface area contributed by atoms with Crippen LogP contribution in [0.1, 0.15) is 32.4 Å². The van der Waals surface area contributed by atoms with E-state index in [0.717, 1.165) is 0 Å². The molecule has 2 heteroatoms. The first-order valence-electron chi connectivity index (χ1n) is 7.91. The van der Waals surface area contributed by atoms with Crippen molar-refractivity contribution in [3.63, 3.8) is 0 Å². The van der Waals surface area contributed by atoms with Gasteiger partial charge in [0.2, 0.25) is 0 Å². The van der Waals surface area contributed by atoms with E-state index >= 15 is 0 Å². The molecule has 0 aliphatic rings. The molecule has 1 N–H and O–H groups in total. The number of nitrogens with one attached hydrogen (secondary N) is 1. The molecule has 0 unspecified atom stereocenters. The van der Waals surface area contributed by atoms with Gasteiger partial charge in [0.25, 0.3) is 0 Å². The number of fused-ring (bicyclic) bond motifs is 1. The highest BCUT2D eigenvalue weighted by molar-refractivity contribution is 7.12. The SMILES string of the molecule is Cc1ccc2[nH]cc([C@H](c3ccccc3)c3ccc(C)s3)c2c1. The van der Waals surface area contributed by atoms with E-state index in [1.165, 1.54) is 37.3 Å². The van der Waals surface area contributed by atoms with Crippen molar-refractivity contribution in [3.8, 4) is 0 Å². The fraction of sp³-hybridized carbons (Fsp3) is 0.143. The molecule has 1 atom stereocenters. The molecule has 0 amide bonds. The molecule has 0 aliphatic carbocycles. The fourth-order valence-electron chi connectivity index (χ4n) is 3.25. The van der Waals surface area contributed by atoms with Crippen LogP contribution in [0, 0.1) is 13.8 Å². The molecule has 0 spiro atoms. The Morgan fingerprint density at radius 2 is 1.74 bits per heavy atom. The van der Waals surface area contributed by atoms with E-state index in [9.17, 15) is 0 Å². The van der Waals surface area contributed by atoms with Gasteiger partial charge in [-0.3, -0.25) is 0 Å². The van der Waals surface area contributed by atoms with Gasteiger partial charge in [0.1, 0.15) is 0 Å². The Balaban J connectivity index is 1.95. The molecule has 0 saturated carbocycles. The Kier molecular flexibility index (Phi) is 3.55. The molecule has 2 aromatic carbocycles. The summed E-state index contributed by atoms with van der Waals surface area (Å²) in [5.74, 6) is 0.283. The zero-order valence-electron chi connectivity index (χ0n) is 13.3. The summed E-state index contributed by atoms with van der Waals surface area (Å²) in [6, 6.07) is 21.9. The van der Waals surface area contributed by atoms with Crippen LogP contribution in [0.5, 0.6) is 0 Å². The van der Waals surface area contributed by atoms with Crippen LogP contribution in [0.2, 0.25) is 0 Å². The van der Waals surface area contributed by atoms with Crippen LogP contribution in [0.4, 0.5) is 0 Å². The lowest BCUT2D eigenvalue weighted by molar-refractivity contribution is 1.02. The van der Waals surface area contributed by atoms with Gasteiger partial charge in [-0.2, -0.15) is 0 Å². The van der Waals surface area contributed by atoms with E-state index < -0.39 is 0 Å². The average Bonchev–Trinajstić information content (AvgIpc) is 3.16. The third-order valence-electron chi connectivity index (χ3n) is 4.36. The number of benzene rings is 2. The van der Waals surface area contributed by atoms with E-state index in [-0.39, 0.29) is 5.92 Å². The van der Waals surface area contributed by atoms with Crippen molar-refractivity contribution in [2.75, 3.05) is 0 Å². The summed E-state index contributed by atoms with van der Waals surface area (Å²) in [5, 5.41) is 1.32. The molecule has 0 fully saturated rings. The summed E-state index contributed by atoms with van der Waals surface area (Å²) >= 11 is 1.89. The number of thiophene rings is 1. The van der Waals surface area contributed by atoms with Crippen LogP contribution in [0.25, 0.3) is 10.9 Å². The smallest absolute Gasteiger partial charge is 0.0457 e. The molecule has 4 rings (SSSR count). The molecule has 2 aromatic heterocycles. The number of aromatic nitrogens is 1. The van der Waals surface area contributed by atoms with Gasteiger partial charge in [0, 0.05) is 32.8 Å². The number of aryl methyl sites for hydroxylation is 2. The first-order chi connectivity index (χ1) is 11.2. The Morgan fingerprint density at radius 1 is 0.913 bits per heavy atom. The second-order valence-corrected chi connectivity index (χ2v) is 7.40. The Labute approximate surface area is 140 Å². The maximum atomic E-state index is 3.45. The van der Waals surface area contributed by atoms with Gasteiger partial charge in [-0.1, -0.05) is 42.0 Å². The first kappa shape index (κ1) is 14.3. The summed E-state index contributed by atoms with van der Waals surface area (Å²) in [6.07, 6.45) is 2.18. The molecule has 4 aromatic rings. The minimum absolute atomic E-state index is 0.283. The lowest BCUT2D eigenvalue weighted by atomic mass is 9.89. The van der Waals surface area contributed by atoms with Crippen molar-refractivity contribution in [2.24, 2.45) is 0 Å². The highest BCUT2D eigenvalue weighted by atomic mass is 32.1. The highest BCUT2D eigenvalue weighted by Crippen LogP contribution is 2.39. The Morgan fingerprint density at radius 3 is 2.48 bits per heavy atom. The van der Waals surface area contributed by atoms with Crippen molar-refractivity contribution in [2.45, 2.75) is 19.8 Å². The van der Waals surface area contributed by atoms with Crippen molar-refractivity contribution in [3.05, 3.63) is 93.3 Å². The molecular weight excluding hydrogens is 298 g/mol. The molecule has 2 heterocycles. The zero-order chi connectivity index (χ0) is 15.8. The van der Waals surface area contributed by atoms with E-state index in [4.69, 9.17) is 0 Å². The predicted molar refractivity (Wildman–Crippen MR) is 99.5 cm³/mol. The quantitative estimate of drug-likeness (QED) is 0.475. The first-order valence-corrected chi connectivity index (χ1v) is 8.73.